The van der Waals surface area contributed by atoms with Crippen molar-refractivity contribution in [2.45, 2.75) is 19.1 Å². The molecule has 7 heteroatoms. The summed E-state index contributed by atoms with van der Waals surface area (Å²) in [5, 5.41) is 20.5. The molecule has 1 heterocycles. The third-order valence-corrected chi connectivity index (χ3v) is 3.32. The number of nitrogens with one attached hydrogen (secondary N) is 1. The van der Waals surface area contributed by atoms with E-state index in [-0.39, 0.29) is 12.5 Å². The van der Waals surface area contributed by atoms with Crippen molar-refractivity contribution in [3.8, 4) is 0 Å². The van der Waals surface area contributed by atoms with Crippen LogP contribution in [0.5, 0.6) is 0 Å². The van der Waals surface area contributed by atoms with Crippen molar-refractivity contribution in [2.24, 2.45) is 0 Å². The van der Waals surface area contributed by atoms with Crippen LogP contribution in [0.2, 0.25) is 0 Å². The fraction of sp³-hybridized carbons (Fsp3) is 0.357. The van der Waals surface area contributed by atoms with E-state index < -0.39 is 24.0 Å². The molecule has 1 aromatic rings. The van der Waals surface area contributed by atoms with Gasteiger partial charge in [-0.15, -0.1) is 0 Å². The zero-order valence-electron chi connectivity index (χ0n) is 11.5. The quantitative estimate of drug-likeness (QED) is 0.684. The smallest absolute Gasteiger partial charge is 0.337 e. The second kappa shape index (κ2) is 5.53. The van der Waals surface area contributed by atoms with Gasteiger partial charge in [0.1, 0.15) is 6.54 Å². The number of amides is 2. The molecule has 7 nitrogen and oxygen atoms in total. The number of aliphatic hydroxyl groups is 1. The third-order valence-electron chi connectivity index (χ3n) is 3.32. The average molecular weight is 292 g/mol. The van der Waals surface area contributed by atoms with Crippen LogP contribution < -0.4 is 5.32 Å². The summed E-state index contributed by atoms with van der Waals surface area (Å²) >= 11 is 0. The molecule has 0 aromatic heterocycles. The molecule has 21 heavy (non-hydrogen) atoms. The molecule has 2 rings (SSSR count). The fourth-order valence-electron chi connectivity index (χ4n) is 2.02. The van der Waals surface area contributed by atoms with E-state index >= 15 is 0 Å². The Bertz CT molecular complexity index is 597. The van der Waals surface area contributed by atoms with Gasteiger partial charge in [0, 0.05) is 12.1 Å². The van der Waals surface area contributed by atoms with Crippen molar-refractivity contribution >= 4 is 17.8 Å². The van der Waals surface area contributed by atoms with Crippen LogP contribution in [0.15, 0.2) is 24.3 Å². The van der Waals surface area contributed by atoms with Crippen LogP contribution in [0.25, 0.3) is 0 Å². The molecule has 0 saturated carbocycles. The lowest BCUT2D eigenvalue weighted by Crippen LogP contribution is -2.48. The Morgan fingerprint density at radius 1 is 1.38 bits per heavy atom. The monoisotopic (exact) mass is 292 g/mol. The fourth-order valence-corrected chi connectivity index (χ4v) is 2.02. The topological polar surface area (TPSA) is 107 Å². The number of carbonyl (C=O) groups excluding carboxylic acids is 2. The first kappa shape index (κ1) is 15.0. The number of carboxylic acid groups (broad SMARTS) is 1. The summed E-state index contributed by atoms with van der Waals surface area (Å²) in [6.07, 6.45) is 0. The molecule has 0 fully saturated rings. The number of hydrogen-bond donors (Lipinski definition) is 3. The predicted octanol–water partition coefficient (Wildman–Crippen LogP) is -0.406. The van der Waals surface area contributed by atoms with E-state index in [4.69, 9.17) is 5.11 Å². The first-order valence-electron chi connectivity index (χ1n) is 6.41. The van der Waals surface area contributed by atoms with Gasteiger partial charge in [0.05, 0.1) is 6.54 Å². The van der Waals surface area contributed by atoms with Gasteiger partial charge in [0.2, 0.25) is 5.91 Å². The van der Waals surface area contributed by atoms with Crippen molar-refractivity contribution in [1.29, 1.82) is 0 Å². The summed E-state index contributed by atoms with van der Waals surface area (Å²) in [6.45, 7) is 0.837. The van der Waals surface area contributed by atoms with Gasteiger partial charge >= 0.3 is 5.97 Å². The van der Waals surface area contributed by atoms with E-state index in [0.717, 1.165) is 12.5 Å². The zero-order chi connectivity index (χ0) is 15.6. The van der Waals surface area contributed by atoms with Crippen molar-refractivity contribution < 1.29 is 24.6 Å². The van der Waals surface area contributed by atoms with E-state index in [1.165, 1.54) is 4.90 Å². The van der Waals surface area contributed by atoms with E-state index in [0.29, 0.717) is 12.1 Å². The maximum atomic E-state index is 12.0. The van der Waals surface area contributed by atoms with E-state index in [1.807, 2.05) is 12.1 Å². The highest BCUT2D eigenvalue weighted by atomic mass is 16.4. The molecule has 1 aromatic carbocycles. The van der Waals surface area contributed by atoms with Crippen LogP contribution in [-0.4, -0.2) is 51.6 Å². The molecule has 2 amide bonds. The first-order chi connectivity index (χ1) is 9.81. The lowest BCUT2D eigenvalue weighted by atomic mass is 10.1. The maximum Gasteiger partial charge on any atom is 0.337 e. The molecule has 1 unspecified atom stereocenters. The SMILES string of the molecule is CC(O)(CNC(=O)CN1Cc2ccccc2C1=O)C(=O)O. The molecule has 112 valence electrons. The maximum absolute atomic E-state index is 12.0. The van der Waals surface area contributed by atoms with Crippen molar-refractivity contribution in [3.63, 3.8) is 0 Å². The number of nitrogens with zero attached hydrogens (tertiary/aromatic N) is 1. The molecule has 0 bridgehead atoms. The summed E-state index contributed by atoms with van der Waals surface area (Å²) < 4.78 is 0. The summed E-state index contributed by atoms with van der Waals surface area (Å²) in [4.78, 5) is 35.9. The minimum Gasteiger partial charge on any atom is -0.479 e. The van der Waals surface area contributed by atoms with Crippen LogP contribution >= 0.6 is 0 Å². The largest absolute Gasteiger partial charge is 0.479 e. The number of fused-ring (bicyclic) bond motifs is 1. The van der Waals surface area contributed by atoms with Gasteiger partial charge in [0.25, 0.3) is 5.91 Å². The van der Waals surface area contributed by atoms with Crippen LogP contribution in [0, 0.1) is 0 Å². The minimum absolute atomic E-state index is 0.177. The Labute approximate surface area is 121 Å². The Hall–Kier alpha value is -2.41. The number of aliphatic carboxylic acids is 1. The van der Waals surface area contributed by atoms with Gasteiger partial charge in [-0.3, -0.25) is 9.59 Å². The number of carbonyl (C=O) groups is 3. The molecule has 3 N–H and O–H groups in total. The summed E-state index contributed by atoms with van der Waals surface area (Å²) in [5.41, 5.74) is -0.608. The highest BCUT2D eigenvalue weighted by molar-refractivity contribution is 6.00. The summed E-state index contributed by atoms with van der Waals surface area (Å²) in [7, 11) is 0. The van der Waals surface area contributed by atoms with E-state index in [9.17, 15) is 19.5 Å². The van der Waals surface area contributed by atoms with Crippen LogP contribution in [0.3, 0.4) is 0 Å². The summed E-state index contributed by atoms with van der Waals surface area (Å²) in [5.74, 6) is -2.17. The van der Waals surface area contributed by atoms with Crippen LogP contribution in [0.4, 0.5) is 0 Å². The average Bonchev–Trinajstić information content (AvgIpc) is 2.74. The van der Waals surface area contributed by atoms with Crippen LogP contribution in [-0.2, 0) is 16.1 Å². The van der Waals surface area contributed by atoms with E-state index in [1.54, 1.807) is 12.1 Å². The molecule has 0 radical (unpaired) electrons. The zero-order valence-corrected chi connectivity index (χ0v) is 11.5. The molecular weight excluding hydrogens is 276 g/mol. The van der Waals surface area contributed by atoms with Crippen LogP contribution in [0.1, 0.15) is 22.8 Å². The van der Waals surface area contributed by atoms with Gasteiger partial charge in [-0.2, -0.15) is 0 Å². The van der Waals surface area contributed by atoms with Gasteiger partial charge < -0.3 is 20.4 Å². The molecule has 0 saturated heterocycles. The molecule has 1 aliphatic rings. The highest BCUT2D eigenvalue weighted by Crippen LogP contribution is 2.21. The second-order valence-electron chi connectivity index (χ2n) is 5.17. The predicted molar refractivity (Wildman–Crippen MR) is 72.5 cm³/mol. The summed E-state index contributed by atoms with van der Waals surface area (Å²) in [6, 6.07) is 7.09. The molecular formula is C14H16N2O5. The number of rotatable bonds is 5. The van der Waals surface area contributed by atoms with Gasteiger partial charge in [-0.05, 0) is 18.6 Å². The normalized spacial score (nSPS) is 16.3. The van der Waals surface area contributed by atoms with Crippen molar-refractivity contribution in [1.82, 2.24) is 10.2 Å². The highest BCUT2D eigenvalue weighted by Gasteiger charge is 2.32. The van der Waals surface area contributed by atoms with Gasteiger partial charge in [-0.25, -0.2) is 4.79 Å². The molecule has 1 atom stereocenters. The van der Waals surface area contributed by atoms with Crippen molar-refractivity contribution in [2.75, 3.05) is 13.1 Å². The molecule has 1 aliphatic heterocycles. The Balaban J connectivity index is 1.91. The van der Waals surface area contributed by atoms with Crippen molar-refractivity contribution in [3.05, 3.63) is 35.4 Å². The minimum atomic E-state index is -2.03. The van der Waals surface area contributed by atoms with Gasteiger partial charge in [0.15, 0.2) is 5.60 Å². The molecule has 0 spiro atoms. The number of benzene rings is 1. The first-order valence-corrected chi connectivity index (χ1v) is 6.41. The number of carboxylic acids is 1. The lowest BCUT2D eigenvalue weighted by Gasteiger charge is -2.20. The Morgan fingerprint density at radius 3 is 2.67 bits per heavy atom. The standard InChI is InChI=1S/C14H16N2O5/c1-14(21,13(19)20)8-15-11(17)7-16-6-9-4-2-3-5-10(9)12(16)18/h2-5,21H,6-8H2,1H3,(H,15,17)(H,19,20). The number of hydrogen-bond acceptors (Lipinski definition) is 4. The van der Waals surface area contributed by atoms with Gasteiger partial charge in [-0.1, -0.05) is 18.2 Å². The van der Waals surface area contributed by atoms with E-state index in [2.05, 4.69) is 5.32 Å². The molecule has 0 aliphatic carbocycles. The lowest BCUT2D eigenvalue weighted by molar-refractivity contribution is -0.156. The Morgan fingerprint density at radius 2 is 2.05 bits per heavy atom. The second-order valence-corrected chi connectivity index (χ2v) is 5.17. The Kier molecular flexibility index (Phi) is 3.95. The third kappa shape index (κ3) is 3.19.